The van der Waals surface area contributed by atoms with Crippen molar-refractivity contribution in [2.75, 3.05) is 7.05 Å². The highest BCUT2D eigenvalue weighted by Gasteiger charge is 2.18. The van der Waals surface area contributed by atoms with Crippen molar-refractivity contribution in [2.45, 2.75) is 40.5 Å². The van der Waals surface area contributed by atoms with Crippen molar-refractivity contribution < 1.29 is 9.53 Å². The zero-order valence-electron chi connectivity index (χ0n) is 16.5. The van der Waals surface area contributed by atoms with Gasteiger partial charge in [0.2, 0.25) is 0 Å². The largest absolute Gasteiger partial charge is 0.488 e. The van der Waals surface area contributed by atoms with Gasteiger partial charge in [-0.05, 0) is 59.3 Å². The highest BCUT2D eigenvalue weighted by atomic mass is 79.9. The molecule has 0 saturated heterocycles. The van der Waals surface area contributed by atoms with Crippen LogP contribution in [-0.4, -0.2) is 27.6 Å². The van der Waals surface area contributed by atoms with Gasteiger partial charge in [0.15, 0.2) is 0 Å². The maximum Gasteiger partial charge on any atom is 0.264 e. The second-order valence-corrected chi connectivity index (χ2v) is 8.51. The van der Waals surface area contributed by atoms with Crippen molar-refractivity contribution in [3.63, 3.8) is 0 Å². The number of hydrogen-bond donors (Lipinski definition) is 0. The van der Waals surface area contributed by atoms with Crippen molar-refractivity contribution >= 4 is 33.2 Å². The minimum Gasteiger partial charge on any atom is -0.488 e. The van der Waals surface area contributed by atoms with E-state index in [2.05, 4.69) is 21.0 Å². The molecule has 0 spiro atoms. The van der Waals surface area contributed by atoms with Crippen molar-refractivity contribution in [1.82, 2.24) is 14.7 Å². The summed E-state index contributed by atoms with van der Waals surface area (Å²) >= 11 is 4.97. The maximum absolute atomic E-state index is 12.8. The Kier molecular flexibility index (Phi) is 6.57. The number of hydrogen-bond acceptors (Lipinski definition) is 4. The van der Waals surface area contributed by atoms with E-state index in [-0.39, 0.29) is 5.91 Å². The molecule has 148 valence electrons. The summed E-state index contributed by atoms with van der Waals surface area (Å²) in [6.45, 7) is 7.83. The zero-order chi connectivity index (χ0) is 20.3. The SMILES string of the molecule is CCn1ncc(Br)c1CN(C)C(=O)c1cc(COc2c(C)cccc2C)cs1. The summed E-state index contributed by atoms with van der Waals surface area (Å²) in [7, 11) is 1.81. The van der Waals surface area contributed by atoms with Crippen LogP contribution >= 0.6 is 27.3 Å². The predicted molar refractivity (Wildman–Crippen MR) is 116 cm³/mol. The molecule has 0 saturated carbocycles. The van der Waals surface area contributed by atoms with Gasteiger partial charge in [0.05, 0.1) is 27.8 Å². The van der Waals surface area contributed by atoms with Crippen LogP contribution in [0.2, 0.25) is 0 Å². The average Bonchev–Trinajstić information content (AvgIpc) is 3.28. The quantitative estimate of drug-likeness (QED) is 0.485. The van der Waals surface area contributed by atoms with E-state index >= 15 is 0 Å². The number of amides is 1. The van der Waals surface area contributed by atoms with E-state index in [4.69, 9.17) is 4.74 Å². The number of nitrogens with zero attached hydrogens (tertiary/aromatic N) is 3. The van der Waals surface area contributed by atoms with Gasteiger partial charge in [-0.1, -0.05) is 18.2 Å². The molecule has 0 bridgehead atoms. The molecule has 1 amide bonds. The Hall–Kier alpha value is -2.12. The summed E-state index contributed by atoms with van der Waals surface area (Å²) in [6, 6.07) is 8.03. The Bertz CT molecular complexity index is 960. The number of carbonyl (C=O) groups excluding carboxylic acids is 1. The van der Waals surface area contributed by atoms with Crippen LogP contribution in [0.3, 0.4) is 0 Å². The molecule has 3 rings (SSSR count). The lowest BCUT2D eigenvalue weighted by atomic mass is 10.1. The van der Waals surface area contributed by atoms with E-state index in [1.807, 2.05) is 62.1 Å². The van der Waals surface area contributed by atoms with Crippen LogP contribution in [0.25, 0.3) is 0 Å². The van der Waals surface area contributed by atoms with Crippen LogP contribution in [0.1, 0.15) is 39.0 Å². The van der Waals surface area contributed by atoms with E-state index in [0.29, 0.717) is 18.0 Å². The summed E-state index contributed by atoms with van der Waals surface area (Å²) in [5, 5.41) is 6.30. The van der Waals surface area contributed by atoms with Crippen molar-refractivity contribution in [3.05, 3.63) is 67.6 Å². The van der Waals surface area contributed by atoms with E-state index in [0.717, 1.165) is 39.2 Å². The van der Waals surface area contributed by atoms with Crippen LogP contribution in [0.4, 0.5) is 0 Å². The first-order valence-electron chi connectivity index (χ1n) is 9.12. The third kappa shape index (κ3) is 4.47. The number of aromatic nitrogens is 2. The van der Waals surface area contributed by atoms with Gasteiger partial charge in [0, 0.05) is 19.2 Å². The van der Waals surface area contributed by atoms with E-state index < -0.39 is 0 Å². The minimum atomic E-state index is -0.000856. The molecule has 0 N–H and O–H groups in total. The molecule has 0 aliphatic rings. The highest BCUT2D eigenvalue weighted by molar-refractivity contribution is 9.10. The van der Waals surface area contributed by atoms with E-state index in [9.17, 15) is 4.79 Å². The molecular formula is C21H24BrN3O2S. The van der Waals surface area contributed by atoms with Gasteiger partial charge in [-0.15, -0.1) is 11.3 Å². The normalized spacial score (nSPS) is 10.9. The van der Waals surface area contributed by atoms with Crippen LogP contribution in [0, 0.1) is 13.8 Å². The lowest BCUT2D eigenvalue weighted by Crippen LogP contribution is -2.27. The lowest BCUT2D eigenvalue weighted by Gasteiger charge is -2.17. The molecule has 0 atom stereocenters. The second-order valence-electron chi connectivity index (χ2n) is 6.74. The van der Waals surface area contributed by atoms with Gasteiger partial charge in [-0.3, -0.25) is 9.48 Å². The Morgan fingerprint density at radius 2 is 2.04 bits per heavy atom. The van der Waals surface area contributed by atoms with Crippen molar-refractivity contribution in [1.29, 1.82) is 0 Å². The van der Waals surface area contributed by atoms with Gasteiger partial charge in [-0.2, -0.15) is 5.10 Å². The second kappa shape index (κ2) is 8.92. The monoisotopic (exact) mass is 461 g/mol. The molecule has 5 nitrogen and oxygen atoms in total. The first-order chi connectivity index (χ1) is 13.4. The number of para-hydroxylation sites is 1. The van der Waals surface area contributed by atoms with E-state index in [1.54, 1.807) is 11.1 Å². The fourth-order valence-electron chi connectivity index (χ4n) is 3.05. The summed E-state index contributed by atoms with van der Waals surface area (Å²) < 4.78 is 8.82. The van der Waals surface area contributed by atoms with Gasteiger partial charge < -0.3 is 9.64 Å². The number of ether oxygens (including phenoxy) is 1. The van der Waals surface area contributed by atoms with Gasteiger partial charge in [0.1, 0.15) is 12.4 Å². The van der Waals surface area contributed by atoms with Gasteiger partial charge in [-0.25, -0.2) is 0 Å². The standard InChI is InChI=1S/C21H24BrN3O2S/c1-5-25-18(17(22)10-23-25)11-24(4)21(26)19-9-16(13-28-19)12-27-20-14(2)7-6-8-15(20)3/h6-10,13H,5,11-12H2,1-4H3. The summed E-state index contributed by atoms with van der Waals surface area (Å²) in [4.78, 5) is 15.3. The molecule has 2 heterocycles. The molecule has 0 unspecified atom stereocenters. The molecule has 3 aromatic rings. The molecular weight excluding hydrogens is 438 g/mol. The summed E-state index contributed by atoms with van der Waals surface area (Å²) in [5.74, 6) is 0.912. The molecule has 0 fully saturated rings. The fraction of sp³-hybridized carbons (Fsp3) is 0.333. The first-order valence-corrected chi connectivity index (χ1v) is 10.8. The maximum atomic E-state index is 12.8. The van der Waals surface area contributed by atoms with Crippen LogP contribution in [-0.2, 0) is 19.7 Å². The fourth-order valence-corrected chi connectivity index (χ4v) is 4.36. The minimum absolute atomic E-state index is 0.000856. The Balaban J connectivity index is 1.65. The smallest absolute Gasteiger partial charge is 0.264 e. The number of aryl methyl sites for hydroxylation is 3. The first kappa shape index (κ1) is 20.6. The number of thiophene rings is 1. The van der Waals surface area contributed by atoms with Crippen LogP contribution < -0.4 is 4.74 Å². The van der Waals surface area contributed by atoms with Gasteiger partial charge in [0.25, 0.3) is 5.91 Å². The predicted octanol–water partition coefficient (Wildman–Crippen LogP) is 5.20. The summed E-state index contributed by atoms with van der Waals surface area (Å²) in [6.07, 6.45) is 1.77. The molecule has 0 aliphatic heterocycles. The molecule has 28 heavy (non-hydrogen) atoms. The average molecular weight is 462 g/mol. The highest BCUT2D eigenvalue weighted by Crippen LogP contribution is 2.25. The Morgan fingerprint density at radius 3 is 2.71 bits per heavy atom. The zero-order valence-corrected chi connectivity index (χ0v) is 18.9. The molecule has 1 aromatic carbocycles. The lowest BCUT2D eigenvalue weighted by molar-refractivity contribution is 0.0786. The van der Waals surface area contributed by atoms with Crippen molar-refractivity contribution in [2.24, 2.45) is 0 Å². The Labute approximate surface area is 178 Å². The molecule has 0 aliphatic carbocycles. The number of benzene rings is 1. The number of halogens is 1. The van der Waals surface area contributed by atoms with Gasteiger partial charge >= 0.3 is 0 Å². The van der Waals surface area contributed by atoms with E-state index in [1.165, 1.54) is 11.3 Å². The third-order valence-corrected chi connectivity index (χ3v) is 6.22. The molecule has 0 radical (unpaired) electrons. The molecule has 2 aromatic heterocycles. The topological polar surface area (TPSA) is 47.4 Å². The van der Waals surface area contributed by atoms with Crippen molar-refractivity contribution in [3.8, 4) is 5.75 Å². The number of carbonyl (C=O) groups is 1. The van der Waals surface area contributed by atoms with Crippen LogP contribution in [0.15, 0.2) is 40.3 Å². The summed E-state index contributed by atoms with van der Waals surface area (Å²) in [5.41, 5.74) is 4.23. The molecule has 7 heteroatoms. The number of rotatable bonds is 7. The Morgan fingerprint density at radius 1 is 1.32 bits per heavy atom. The van der Waals surface area contributed by atoms with Crippen LogP contribution in [0.5, 0.6) is 5.75 Å². The third-order valence-electron chi connectivity index (χ3n) is 4.59.